The summed E-state index contributed by atoms with van der Waals surface area (Å²) in [7, 11) is 0. The minimum Gasteiger partial charge on any atom is -0.300 e. The SMILES string of the molecule is CC(=O)C1C[C@@H](C)[C@H](ON(O)O)C1. The lowest BCUT2D eigenvalue weighted by atomic mass is 10.0. The van der Waals surface area contributed by atoms with Crippen LogP contribution in [0.25, 0.3) is 0 Å². The van der Waals surface area contributed by atoms with Gasteiger partial charge in [-0.25, -0.2) is 4.84 Å². The fraction of sp³-hybridized carbons (Fsp3) is 0.875. The summed E-state index contributed by atoms with van der Waals surface area (Å²) < 4.78 is 0. The van der Waals surface area contributed by atoms with Crippen molar-refractivity contribution < 1.29 is 20.0 Å². The van der Waals surface area contributed by atoms with Crippen molar-refractivity contribution >= 4 is 5.78 Å². The molecule has 1 aliphatic carbocycles. The Morgan fingerprint density at radius 2 is 2.08 bits per heavy atom. The van der Waals surface area contributed by atoms with Crippen LogP contribution in [0.4, 0.5) is 0 Å². The van der Waals surface area contributed by atoms with E-state index in [1.807, 2.05) is 6.92 Å². The largest absolute Gasteiger partial charge is 0.300 e. The van der Waals surface area contributed by atoms with E-state index in [0.29, 0.717) is 6.42 Å². The maximum Gasteiger partial charge on any atom is 0.133 e. The molecule has 0 aliphatic heterocycles. The van der Waals surface area contributed by atoms with E-state index in [4.69, 9.17) is 15.3 Å². The van der Waals surface area contributed by atoms with Gasteiger partial charge in [0.2, 0.25) is 0 Å². The molecule has 1 saturated carbocycles. The van der Waals surface area contributed by atoms with Gasteiger partial charge in [-0.1, -0.05) is 6.92 Å². The average molecular weight is 189 g/mol. The normalized spacial score (nSPS) is 34.1. The molecule has 0 saturated heterocycles. The van der Waals surface area contributed by atoms with Crippen LogP contribution in [0.3, 0.4) is 0 Å². The Morgan fingerprint density at radius 3 is 2.46 bits per heavy atom. The van der Waals surface area contributed by atoms with Gasteiger partial charge in [-0.2, -0.15) is 0 Å². The third-order valence-electron chi connectivity index (χ3n) is 2.61. The fourth-order valence-electron chi connectivity index (χ4n) is 1.81. The van der Waals surface area contributed by atoms with E-state index in [1.165, 1.54) is 0 Å². The van der Waals surface area contributed by atoms with Crippen LogP contribution in [-0.2, 0) is 9.63 Å². The van der Waals surface area contributed by atoms with Crippen LogP contribution in [-0.4, -0.2) is 27.7 Å². The smallest absolute Gasteiger partial charge is 0.133 e. The Kier molecular flexibility index (Phi) is 3.38. The molecular formula is C8H15NO4. The van der Waals surface area contributed by atoms with Crippen molar-refractivity contribution in [1.82, 2.24) is 5.39 Å². The Balaban J connectivity index is 2.46. The van der Waals surface area contributed by atoms with Crippen LogP contribution in [0.5, 0.6) is 0 Å². The molecule has 0 amide bonds. The molecule has 5 heteroatoms. The van der Waals surface area contributed by atoms with Crippen LogP contribution < -0.4 is 0 Å². The summed E-state index contributed by atoms with van der Waals surface area (Å²) in [6.45, 7) is 3.48. The molecule has 1 fully saturated rings. The van der Waals surface area contributed by atoms with Crippen molar-refractivity contribution in [2.24, 2.45) is 11.8 Å². The number of nitrogens with zero attached hydrogens (tertiary/aromatic N) is 1. The Bertz CT molecular complexity index is 195. The minimum atomic E-state index is -0.274. The minimum absolute atomic E-state index is 0.0000463. The summed E-state index contributed by atoms with van der Waals surface area (Å²) in [6, 6.07) is 0. The van der Waals surface area contributed by atoms with Crippen molar-refractivity contribution in [1.29, 1.82) is 0 Å². The van der Waals surface area contributed by atoms with Crippen molar-refractivity contribution in [3.05, 3.63) is 0 Å². The molecule has 0 aromatic rings. The topological polar surface area (TPSA) is 70.0 Å². The summed E-state index contributed by atoms with van der Waals surface area (Å²) in [4.78, 5) is 15.7. The molecule has 5 nitrogen and oxygen atoms in total. The number of rotatable bonds is 3. The van der Waals surface area contributed by atoms with Crippen LogP contribution in [0, 0.1) is 11.8 Å². The van der Waals surface area contributed by atoms with Gasteiger partial charge in [-0.15, -0.1) is 0 Å². The number of Topliss-reactive ketones (excluding diaryl/α,β-unsaturated/α-hetero) is 1. The van der Waals surface area contributed by atoms with E-state index in [1.54, 1.807) is 6.92 Å². The first kappa shape index (κ1) is 10.6. The van der Waals surface area contributed by atoms with Crippen LogP contribution in [0.2, 0.25) is 0 Å². The first-order chi connectivity index (χ1) is 6.00. The Hall–Kier alpha value is -0.490. The van der Waals surface area contributed by atoms with Gasteiger partial charge in [0.15, 0.2) is 0 Å². The maximum atomic E-state index is 11.0. The molecule has 0 aromatic heterocycles. The fourth-order valence-corrected chi connectivity index (χ4v) is 1.81. The quantitative estimate of drug-likeness (QED) is 0.648. The lowest BCUT2D eigenvalue weighted by molar-refractivity contribution is -0.506. The van der Waals surface area contributed by atoms with E-state index >= 15 is 0 Å². The van der Waals surface area contributed by atoms with Gasteiger partial charge < -0.3 is 0 Å². The summed E-state index contributed by atoms with van der Waals surface area (Å²) in [5, 5.41) is 16.6. The zero-order chi connectivity index (χ0) is 10.0. The molecule has 76 valence electrons. The highest BCUT2D eigenvalue weighted by molar-refractivity contribution is 5.78. The molecule has 2 N–H and O–H groups in total. The second kappa shape index (κ2) is 4.15. The van der Waals surface area contributed by atoms with E-state index in [-0.39, 0.29) is 29.1 Å². The number of carbonyl (C=O) groups excluding carboxylic acids is 1. The second-order valence-corrected chi connectivity index (χ2v) is 3.65. The summed E-state index contributed by atoms with van der Waals surface area (Å²) in [5.41, 5.74) is 0. The van der Waals surface area contributed by atoms with Crippen molar-refractivity contribution in [2.45, 2.75) is 32.8 Å². The van der Waals surface area contributed by atoms with Gasteiger partial charge in [0, 0.05) is 5.92 Å². The van der Waals surface area contributed by atoms with Gasteiger partial charge in [-0.05, 0) is 25.7 Å². The van der Waals surface area contributed by atoms with Gasteiger partial charge in [-0.3, -0.25) is 15.2 Å². The first-order valence-corrected chi connectivity index (χ1v) is 4.35. The number of ketones is 1. The number of hydrogen-bond donors (Lipinski definition) is 2. The van der Waals surface area contributed by atoms with Gasteiger partial charge in [0.05, 0.1) is 11.5 Å². The molecule has 1 aliphatic rings. The van der Waals surface area contributed by atoms with Crippen LogP contribution in [0.15, 0.2) is 0 Å². The zero-order valence-corrected chi connectivity index (χ0v) is 7.80. The standard InChI is InChI=1S/C8H15NO4/c1-5-3-7(6(2)10)4-8(5)13-9(11)12/h5,7-8,11-12H,3-4H2,1-2H3/t5-,7?,8-/m1/s1. The van der Waals surface area contributed by atoms with E-state index in [2.05, 4.69) is 0 Å². The molecule has 0 heterocycles. The summed E-state index contributed by atoms with van der Waals surface area (Å²) >= 11 is 0. The highest BCUT2D eigenvalue weighted by Gasteiger charge is 2.35. The molecule has 0 bridgehead atoms. The molecule has 1 unspecified atom stereocenters. The van der Waals surface area contributed by atoms with Crippen LogP contribution >= 0.6 is 0 Å². The van der Waals surface area contributed by atoms with Crippen molar-refractivity contribution in [3.8, 4) is 0 Å². The molecule has 3 atom stereocenters. The molecule has 0 spiro atoms. The third-order valence-corrected chi connectivity index (χ3v) is 2.61. The monoisotopic (exact) mass is 189 g/mol. The Labute approximate surface area is 76.8 Å². The van der Waals surface area contributed by atoms with Gasteiger partial charge in [0.25, 0.3) is 0 Å². The maximum absolute atomic E-state index is 11.0. The molecule has 1 rings (SSSR count). The van der Waals surface area contributed by atoms with Crippen LogP contribution in [0.1, 0.15) is 26.7 Å². The van der Waals surface area contributed by atoms with E-state index in [9.17, 15) is 4.79 Å². The molecular weight excluding hydrogens is 174 g/mol. The van der Waals surface area contributed by atoms with E-state index in [0.717, 1.165) is 6.42 Å². The predicted molar refractivity (Wildman–Crippen MR) is 42.9 cm³/mol. The van der Waals surface area contributed by atoms with Gasteiger partial charge >= 0.3 is 0 Å². The highest BCUT2D eigenvalue weighted by atomic mass is 17.1. The average Bonchev–Trinajstić information content (AvgIpc) is 2.31. The van der Waals surface area contributed by atoms with E-state index < -0.39 is 0 Å². The summed E-state index contributed by atoms with van der Waals surface area (Å²) in [5.74, 6) is 0.316. The third kappa shape index (κ3) is 2.73. The van der Waals surface area contributed by atoms with Gasteiger partial charge in [0.1, 0.15) is 5.78 Å². The number of hydrogen-bond acceptors (Lipinski definition) is 5. The molecule has 0 radical (unpaired) electrons. The second-order valence-electron chi connectivity index (χ2n) is 3.65. The zero-order valence-electron chi connectivity index (χ0n) is 7.80. The lowest BCUT2D eigenvalue weighted by Crippen LogP contribution is -2.26. The van der Waals surface area contributed by atoms with Crippen molar-refractivity contribution in [2.75, 3.05) is 0 Å². The number of carbonyl (C=O) groups is 1. The molecule has 0 aromatic carbocycles. The highest BCUT2D eigenvalue weighted by Crippen LogP contribution is 2.33. The first-order valence-electron chi connectivity index (χ1n) is 4.35. The van der Waals surface area contributed by atoms with Crippen molar-refractivity contribution in [3.63, 3.8) is 0 Å². The predicted octanol–water partition coefficient (Wildman–Crippen LogP) is 1.00. The Morgan fingerprint density at radius 1 is 1.46 bits per heavy atom. The lowest BCUT2D eigenvalue weighted by Gasteiger charge is -2.16. The summed E-state index contributed by atoms with van der Waals surface area (Å²) in [6.07, 6.45) is 1.05. The molecule has 13 heavy (non-hydrogen) atoms.